The monoisotopic (exact) mass is 385 g/mol. The lowest BCUT2D eigenvalue weighted by molar-refractivity contribution is 0.0529. The third-order valence-electron chi connectivity index (χ3n) is 4.67. The average Bonchev–Trinajstić information content (AvgIpc) is 3.41. The van der Waals surface area contributed by atoms with Crippen LogP contribution in [0.5, 0.6) is 5.75 Å². The molecule has 1 aliphatic heterocycles. The van der Waals surface area contributed by atoms with Gasteiger partial charge in [-0.3, -0.25) is 4.79 Å². The topological polar surface area (TPSA) is 81.6 Å². The van der Waals surface area contributed by atoms with Crippen LogP contribution >= 0.6 is 0 Å². The van der Waals surface area contributed by atoms with Crippen molar-refractivity contribution in [3.05, 3.63) is 66.0 Å². The number of furan rings is 1. The Morgan fingerprint density at radius 3 is 2.89 bits per heavy atom. The number of nitrogens with zero attached hydrogens (tertiary/aromatic N) is 3. The lowest BCUT2D eigenvalue weighted by atomic mass is 10.0. The Morgan fingerprint density at radius 1 is 1.25 bits per heavy atom. The van der Waals surface area contributed by atoms with Crippen LogP contribution in [0, 0.1) is 5.82 Å². The molecule has 28 heavy (non-hydrogen) atoms. The summed E-state index contributed by atoms with van der Waals surface area (Å²) < 4.78 is 29.1. The minimum Gasteiger partial charge on any atom is -0.493 e. The molecule has 1 unspecified atom stereocenters. The molecule has 0 bridgehead atoms. The highest BCUT2D eigenvalue weighted by atomic mass is 19.1. The van der Waals surface area contributed by atoms with Crippen LogP contribution in [0.25, 0.3) is 0 Å². The standard InChI is InChI=1S/C20H20FN3O4/c21-14-6-8-15(9-7-14)26-13-10-18-22-19(28-23-18)16-4-1-2-11-24(16)20(25)17-5-3-12-27-17/h3,5-9,12,16H,1-2,4,10-11,13H2. The van der Waals surface area contributed by atoms with E-state index in [-0.39, 0.29) is 17.8 Å². The largest absolute Gasteiger partial charge is 0.493 e. The normalized spacial score (nSPS) is 16.9. The zero-order valence-corrected chi connectivity index (χ0v) is 15.2. The molecule has 1 saturated heterocycles. The van der Waals surface area contributed by atoms with Crippen molar-refractivity contribution in [1.82, 2.24) is 15.0 Å². The quantitative estimate of drug-likeness (QED) is 0.642. The highest BCUT2D eigenvalue weighted by molar-refractivity contribution is 5.91. The van der Waals surface area contributed by atoms with E-state index in [1.165, 1.54) is 18.4 Å². The number of carbonyl (C=O) groups excluding carboxylic acids is 1. The van der Waals surface area contributed by atoms with Crippen LogP contribution in [0.3, 0.4) is 0 Å². The number of carbonyl (C=O) groups is 1. The van der Waals surface area contributed by atoms with Crippen LogP contribution in [0.1, 0.15) is 47.6 Å². The number of hydrogen-bond acceptors (Lipinski definition) is 6. The molecule has 0 aliphatic carbocycles. The van der Waals surface area contributed by atoms with Crippen molar-refractivity contribution in [2.45, 2.75) is 31.7 Å². The van der Waals surface area contributed by atoms with Crippen LogP contribution in [0.4, 0.5) is 4.39 Å². The predicted octanol–water partition coefficient (Wildman–Crippen LogP) is 3.79. The first-order valence-electron chi connectivity index (χ1n) is 9.26. The minimum atomic E-state index is -0.309. The Balaban J connectivity index is 1.39. The second-order valence-corrected chi connectivity index (χ2v) is 6.59. The summed E-state index contributed by atoms with van der Waals surface area (Å²) in [4.78, 5) is 18.9. The van der Waals surface area contributed by atoms with Gasteiger partial charge in [-0.15, -0.1) is 0 Å². The molecule has 1 fully saturated rings. The molecule has 8 heteroatoms. The van der Waals surface area contributed by atoms with Gasteiger partial charge in [0.2, 0.25) is 5.89 Å². The van der Waals surface area contributed by atoms with E-state index < -0.39 is 0 Å². The number of piperidine rings is 1. The number of aromatic nitrogens is 2. The molecular formula is C20H20FN3O4. The van der Waals surface area contributed by atoms with Crippen molar-refractivity contribution < 1.29 is 22.9 Å². The average molecular weight is 385 g/mol. The Bertz CT molecular complexity index is 908. The highest BCUT2D eigenvalue weighted by Gasteiger charge is 2.33. The predicted molar refractivity (Wildman–Crippen MR) is 96.2 cm³/mol. The second kappa shape index (κ2) is 8.24. The Morgan fingerprint density at radius 2 is 2.11 bits per heavy atom. The summed E-state index contributed by atoms with van der Waals surface area (Å²) in [5.74, 6) is 1.34. The van der Waals surface area contributed by atoms with E-state index in [0.29, 0.717) is 42.8 Å². The number of amides is 1. The summed E-state index contributed by atoms with van der Waals surface area (Å²) in [6.07, 6.45) is 4.60. The van der Waals surface area contributed by atoms with Crippen LogP contribution in [-0.2, 0) is 6.42 Å². The molecule has 0 saturated carbocycles. The third kappa shape index (κ3) is 4.05. The molecule has 146 valence electrons. The maximum atomic E-state index is 12.9. The molecule has 0 N–H and O–H groups in total. The van der Waals surface area contributed by atoms with Gasteiger partial charge in [-0.05, 0) is 55.7 Å². The minimum absolute atomic E-state index is 0.172. The van der Waals surface area contributed by atoms with E-state index in [1.54, 1.807) is 29.2 Å². The smallest absolute Gasteiger partial charge is 0.290 e. The fraction of sp³-hybridized carbons (Fsp3) is 0.350. The van der Waals surface area contributed by atoms with Gasteiger partial charge in [0.1, 0.15) is 17.6 Å². The van der Waals surface area contributed by atoms with Crippen LogP contribution in [0.15, 0.2) is 51.6 Å². The van der Waals surface area contributed by atoms with Gasteiger partial charge in [0.15, 0.2) is 11.6 Å². The molecule has 1 atom stereocenters. The van der Waals surface area contributed by atoms with Gasteiger partial charge in [0, 0.05) is 13.0 Å². The second-order valence-electron chi connectivity index (χ2n) is 6.59. The number of hydrogen-bond donors (Lipinski definition) is 0. The highest BCUT2D eigenvalue weighted by Crippen LogP contribution is 2.31. The van der Waals surface area contributed by atoms with Crippen LogP contribution in [0.2, 0.25) is 0 Å². The van der Waals surface area contributed by atoms with Crippen molar-refractivity contribution in [3.63, 3.8) is 0 Å². The van der Waals surface area contributed by atoms with Gasteiger partial charge in [-0.2, -0.15) is 4.98 Å². The molecule has 3 aromatic rings. The fourth-order valence-corrected chi connectivity index (χ4v) is 3.27. The summed E-state index contributed by atoms with van der Waals surface area (Å²) in [7, 11) is 0. The first-order chi connectivity index (χ1) is 13.7. The van der Waals surface area contributed by atoms with Gasteiger partial charge < -0.3 is 18.6 Å². The number of benzene rings is 1. The van der Waals surface area contributed by atoms with Crippen LogP contribution < -0.4 is 4.74 Å². The third-order valence-corrected chi connectivity index (χ3v) is 4.67. The molecule has 1 aromatic carbocycles. The maximum absolute atomic E-state index is 12.9. The molecule has 2 aromatic heterocycles. The van der Waals surface area contributed by atoms with Gasteiger partial charge >= 0.3 is 0 Å². The summed E-state index contributed by atoms with van der Waals surface area (Å²) in [5.41, 5.74) is 0. The SMILES string of the molecule is O=C(c1ccco1)N1CCCCC1c1nc(CCOc2ccc(F)cc2)no1. The number of ether oxygens (including phenoxy) is 1. The van der Waals surface area contributed by atoms with Crippen molar-refractivity contribution in [1.29, 1.82) is 0 Å². The van der Waals surface area contributed by atoms with E-state index in [0.717, 1.165) is 19.3 Å². The zero-order valence-electron chi connectivity index (χ0n) is 15.2. The molecule has 7 nitrogen and oxygen atoms in total. The number of halogens is 1. The zero-order chi connectivity index (χ0) is 19.3. The van der Waals surface area contributed by atoms with E-state index in [4.69, 9.17) is 13.7 Å². The first kappa shape index (κ1) is 18.2. The van der Waals surface area contributed by atoms with Crippen molar-refractivity contribution in [2.75, 3.05) is 13.2 Å². The van der Waals surface area contributed by atoms with Gasteiger partial charge in [-0.1, -0.05) is 5.16 Å². The van der Waals surface area contributed by atoms with E-state index in [9.17, 15) is 9.18 Å². The lowest BCUT2D eigenvalue weighted by Crippen LogP contribution is -2.38. The van der Waals surface area contributed by atoms with Gasteiger partial charge in [0.05, 0.1) is 12.9 Å². The number of rotatable bonds is 6. The summed E-state index contributed by atoms with van der Waals surface area (Å²) >= 11 is 0. The van der Waals surface area contributed by atoms with E-state index in [2.05, 4.69) is 10.1 Å². The molecule has 1 aliphatic rings. The number of likely N-dealkylation sites (tertiary alicyclic amines) is 1. The van der Waals surface area contributed by atoms with Crippen LogP contribution in [-0.4, -0.2) is 34.1 Å². The molecule has 1 amide bonds. The summed E-state index contributed by atoms with van der Waals surface area (Å²) in [5, 5.41) is 4.01. The summed E-state index contributed by atoms with van der Waals surface area (Å²) in [6, 6.07) is 8.91. The molecular weight excluding hydrogens is 365 g/mol. The van der Waals surface area contributed by atoms with Crippen molar-refractivity contribution >= 4 is 5.91 Å². The van der Waals surface area contributed by atoms with Gasteiger partial charge in [0.25, 0.3) is 5.91 Å². The molecule has 3 heterocycles. The Kier molecular flexibility index (Phi) is 5.36. The van der Waals surface area contributed by atoms with Crippen molar-refractivity contribution in [3.8, 4) is 5.75 Å². The first-order valence-corrected chi connectivity index (χ1v) is 9.26. The van der Waals surface area contributed by atoms with E-state index >= 15 is 0 Å². The lowest BCUT2D eigenvalue weighted by Gasteiger charge is -2.32. The van der Waals surface area contributed by atoms with Crippen molar-refractivity contribution in [2.24, 2.45) is 0 Å². The maximum Gasteiger partial charge on any atom is 0.290 e. The Labute approximate surface area is 161 Å². The fourth-order valence-electron chi connectivity index (χ4n) is 3.27. The summed E-state index contributed by atoms with van der Waals surface area (Å²) in [6.45, 7) is 0.958. The van der Waals surface area contributed by atoms with E-state index in [1.807, 2.05) is 0 Å². The molecule has 0 radical (unpaired) electrons. The Hall–Kier alpha value is -3.16. The molecule has 4 rings (SSSR count). The molecule has 0 spiro atoms. The van der Waals surface area contributed by atoms with Gasteiger partial charge in [-0.25, -0.2) is 4.39 Å².